The van der Waals surface area contributed by atoms with E-state index < -0.39 is 45.2 Å². The number of hydrogen-bond donors (Lipinski definition) is 2. The van der Waals surface area contributed by atoms with Crippen molar-refractivity contribution in [2.75, 3.05) is 13.1 Å². The molecule has 0 saturated carbocycles. The Bertz CT molecular complexity index is 968. The van der Waals surface area contributed by atoms with Crippen LogP contribution in [0.15, 0.2) is 41.6 Å². The van der Waals surface area contributed by atoms with Crippen LogP contribution in [0.2, 0.25) is 10.0 Å². The van der Waals surface area contributed by atoms with E-state index >= 15 is 0 Å². The van der Waals surface area contributed by atoms with Gasteiger partial charge in [0.15, 0.2) is 5.82 Å². The van der Waals surface area contributed by atoms with Crippen LogP contribution in [0.25, 0.3) is 0 Å². The molecule has 2 aliphatic heterocycles. The number of halogens is 6. The van der Waals surface area contributed by atoms with Gasteiger partial charge in [-0.1, -0.05) is 52.6 Å². The summed E-state index contributed by atoms with van der Waals surface area (Å²) in [6.45, 7) is 0.805. The molecule has 29 heavy (non-hydrogen) atoms. The number of nitrogens with one attached hydrogen (secondary N) is 1. The Kier molecular flexibility index (Phi) is 4.81. The molecule has 0 amide bonds. The molecule has 2 heterocycles. The molecule has 0 spiro atoms. The number of benzene rings is 2. The lowest BCUT2D eigenvalue weighted by Crippen LogP contribution is -2.56. The molecule has 0 bridgehead atoms. The molecule has 0 unspecified atom stereocenters. The van der Waals surface area contributed by atoms with Gasteiger partial charge in [-0.15, -0.1) is 0 Å². The van der Waals surface area contributed by atoms with Gasteiger partial charge in [-0.25, -0.2) is 4.39 Å². The fourth-order valence-corrected chi connectivity index (χ4v) is 3.87. The number of nitrogens with zero attached hydrogens (tertiary/aromatic N) is 1. The highest BCUT2D eigenvalue weighted by molar-refractivity contribution is 6.35. The van der Waals surface area contributed by atoms with E-state index in [1.165, 1.54) is 0 Å². The van der Waals surface area contributed by atoms with Crippen molar-refractivity contribution in [3.63, 3.8) is 0 Å². The van der Waals surface area contributed by atoms with Crippen molar-refractivity contribution in [2.24, 2.45) is 5.16 Å². The number of oxime groups is 1. The zero-order chi connectivity index (χ0) is 21.0. The standard InChI is InChI=1S/C19H14Cl2F4N2O2/c20-13-5-12(6-14(21)16(13)22)18(19(23,24)25)7-15(27-29-18)10-1-3-11(4-2-10)17(28)8-26-9-17/h1-6,26,28H,7-9H2/t18-/m0/s1. The summed E-state index contributed by atoms with van der Waals surface area (Å²) in [5.41, 5.74) is -3.13. The van der Waals surface area contributed by atoms with E-state index in [9.17, 15) is 22.7 Å². The van der Waals surface area contributed by atoms with Gasteiger partial charge in [-0.05, 0) is 23.3 Å². The number of alkyl halides is 3. The summed E-state index contributed by atoms with van der Waals surface area (Å²) in [6.07, 6.45) is -5.50. The lowest BCUT2D eigenvalue weighted by atomic mass is 9.85. The quantitative estimate of drug-likeness (QED) is 0.536. The van der Waals surface area contributed by atoms with Gasteiger partial charge in [0.1, 0.15) is 5.60 Å². The van der Waals surface area contributed by atoms with Crippen LogP contribution in [0.1, 0.15) is 23.1 Å². The Morgan fingerprint density at radius 1 is 1.03 bits per heavy atom. The molecule has 0 radical (unpaired) electrons. The Labute approximate surface area is 173 Å². The maximum atomic E-state index is 14.0. The predicted octanol–water partition coefficient (Wildman–Crippen LogP) is 4.51. The molecule has 0 aromatic heterocycles. The molecule has 1 saturated heterocycles. The second-order valence-electron chi connectivity index (χ2n) is 7.10. The Morgan fingerprint density at radius 2 is 1.62 bits per heavy atom. The SMILES string of the molecule is OC1(c2ccc(C3=NO[C@@](c4cc(Cl)c(F)c(Cl)c4)(C(F)(F)F)C3)cc2)CNC1. The summed E-state index contributed by atoms with van der Waals surface area (Å²) in [4.78, 5) is 4.90. The monoisotopic (exact) mass is 448 g/mol. The third kappa shape index (κ3) is 3.28. The van der Waals surface area contributed by atoms with Crippen LogP contribution >= 0.6 is 23.2 Å². The van der Waals surface area contributed by atoms with Crippen LogP contribution < -0.4 is 5.32 Å². The molecule has 4 nitrogen and oxygen atoms in total. The van der Waals surface area contributed by atoms with E-state index in [4.69, 9.17) is 28.0 Å². The third-order valence-electron chi connectivity index (χ3n) is 5.23. The van der Waals surface area contributed by atoms with Crippen molar-refractivity contribution in [2.45, 2.75) is 23.8 Å². The highest BCUT2D eigenvalue weighted by atomic mass is 35.5. The molecule has 1 fully saturated rings. The largest absolute Gasteiger partial charge is 0.435 e. The minimum Gasteiger partial charge on any atom is -0.382 e. The lowest BCUT2D eigenvalue weighted by Gasteiger charge is -2.38. The zero-order valence-corrected chi connectivity index (χ0v) is 16.2. The van der Waals surface area contributed by atoms with Gasteiger partial charge in [0, 0.05) is 25.1 Å². The normalized spacial score (nSPS) is 23.3. The second-order valence-corrected chi connectivity index (χ2v) is 7.91. The first kappa shape index (κ1) is 20.4. The molecule has 2 aliphatic rings. The smallest absolute Gasteiger partial charge is 0.382 e. The summed E-state index contributed by atoms with van der Waals surface area (Å²) in [7, 11) is 0. The highest BCUT2D eigenvalue weighted by Gasteiger charge is 2.62. The second kappa shape index (κ2) is 6.84. The third-order valence-corrected chi connectivity index (χ3v) is 5.78. The predicted molar refractivity (Wildman–Crippen MR) is 99.6 cm³/mol. The molecular formula is C19H14Cl2F4N2O2. The van der Waals surface area contributed by atoms with Gasteiger partial charge >= 0.3 is 6.18 Å². The summed E-state index contributed by atoms with van der Waals surface area (Å²) in [6, 6.07) is 8.11. The maximum Gasteiger partial charge on any atom is 0.435 e. The van der Waals surface area contributed by atoms with Crippen molar-refractivity contribution in [3.8, 4) is 0 Å². The summed E-state index contributed by atoms with van der Waals surface area (Å²) >= 11 is 11.4. The molecule has 1 atom stereocenters. The van der Waals surface area contributed by atoms with Crippen LogP contribution in [0.3, 0.4) is 0 Å². The van der Waals surface area contributed by atoms with Crippen molar-refractivity contribution in [1.82, 2.24) is 5.32 Å². The van der Waals surface area contributed by atoms with Crippen LogP contribution in [0, 0.1) is 5.82 Å². The number of aliphatic hydroxyl groups is 1. The minimum absolute atomic E-state index is 0.0594. The molecule has 2 aromatic rings. The van der Waals surface area contributed by atoms with E-state index in [2.05, 4.69) is 10.5 Å². The van der Waals surface area contributed by atoms with Crippen LogP contribution in [0.5, 0.6) is 0 Å². The summed E-state index contributed by atoms with van der Waals surface area (Å²) in [5.74, 6) is -1.01. The number of rotatable bonds is 3. The molecule has 0 aliphatic carbocycles. The van der Waals surface area contributed by atoms with Crippen molar-refractivity contribution in [3.05, 3.63) is 69.0 Å². The van der Waals surface area contributed by atoms with E-state index in [0.717, 1.165) is 12.1 Å². The van der Waals surface area contributed by atoms with Crippen LogP contribution in [0.4, 0.5) is 17.6 Å². The van der Waals surface area contributed by atoms with Gasteiger partial charge in [0.05, 0.1) is 15.8 Å². The summed E-state index contributed by atoms with van der Waals surface area (Å²) < 4.78 is 55.7. The van der Waals surface area contributed by atoms with Gasteiger partial charge < -0.3 is 15.3 Å². The Morgan fingerprint density at radius 3 is 2.10 bits per heavy atom. The van der Waals surface area contributed by atoms with Crippen molar-refractivity contribution in [1.29, 1.82) is 0 Å². The van der Waals surface area contributed by atoms with Gasteiger partial charge in [0.2, 0.25) is 0 Å². The molecule has 10 heteroatoms. The van der Waals surface area contributed by atoms with E-state index in [-0.39, 0.29) is 5.71 Å². The Balaban J connectivity index is 1.67. The maximum absolute atomic E-state index is 14.0. The zero-order valence-electron chi connectivity index (χ0n) is 14.7. The first-order valence-corrected chi connectivity index (χ1v) is 9.32. The fraction of sp³-hybridized carbons (Fsp3) is 0.316. The average molecular weight is 449 g/mol. The number of β-amino-alcohol motifs (C(OH)–C–C–N with tert-alkyl or cyclic N) is 1. The van der Waals surface area contributed by atoms with Crippen molar-refractivity contribution < 1.29 is 27.5 Å². The van der Waals surface area contributed by atoms with Crippen LogP contribution in [-0.2, 0) is 16.0 Å². The van der Waals surface area contributed by atoms with Crippen molar-refractivity contribution >= 4 is 28.9 Å². The summed E-state index contributed by atoms with van der Waals surface area (Å²) in [5, 5.41) is 15.9. The molecule has 154 valence electrons. The highest BCUT2D eigenvalue weighted by Crippen LogP contribution is 2.50. The molecule has 2 N–H and O–H groups in total. The van der Waals surface area contributed by atoms with Gasteiger partial charge in [0.25, 0.3) is 5.60 Å². The minimum atomic E-state index is -4.87. The molecular weight excluding hydrogens is 435 g/mol. The first-order valence-electron chi connectivity index (χ1n) is 8.57. The van der Waals surface area contributed by atoms with Gasteiger partial charge in [-0.3, -0.25) is 0 Å². The average Bonchev–Trinajstić information content (AvgIpc) is 3.11. The fourth-order valence-electron chi connectivity index (χ4n) is 3.39. The number of hydrogen-bond acceptors (Lipinski definition) is 4. The lowest BCUT2D eigenvalue weighted by molar-refractivity contribution is -0.275. The molecule has 2 aromatic carbocycles. The topological polar surface area (TPSA) is 53.9 Å². The van der Waals surface area contributed by atoms with Gasteiger partial charge in [-0.2, -0.15) is 13.2 Å². The van der Waals surface area contributed by atoms with Crippen LogP contribution in [-0.4, -0.2) is 30.1 Å². The first-order chi connectivity index (χ1) is 13.6. The van der Waals surface area contributed by atoms with E-state index in [0.29, 0.717) is 24.2 Å². The van der Waals surface area contributed by atoms with E-state index in [1.807, 2.05) is 0 Å². The Hall–Kier alpha value is -1.87. The molecule has 4 rings (SSSR count). The van der Waals surface area contributed by atoms with E-state index in [1.54, 1.807) is 24.3 Å².